The van der Waals surface area contributed by atoms with Gasteiger partial charge in [0.2, 0.25) is 8.40 Å². The van der Waals surface area contributed by atoms with Gasteiger partial charge in [0.15, 0.2) is 0 Å². The predicted molar refractivity (Wildman–Crippen MR) is 67.9 cm³/mol. The molecule has 0 spiro atoms. The van der Waals surface area contributed by atoms with E-state index in [0.29, 0.717) is 0 Å². The lowest BCUT2D eigenvalue weighted by Gasteiger charge is -2.47. The molecule has 3 heteroatoms. The standard InChI is InChI=1S/C11H28N2Si/c1-10(2)9-14(11(3)4,12(5)6)13(7)8/h10-11H,9H2,1-8H3. The van der Waals surface area contributed by atoms with Gasteiger partial charge in [-0.2, -0.15) is 0 Å². The van der Waals surface area contributed by atoms with Crippen molar-refractivity contribution in [2.75, 3.05) is 28.2 Å². The summed E-state index contributed by atoms with van der Waals surface area (Å²) in [7, 11) is 7.55. The van der Waals surface area contributed by atoms with Crippen LogP contribution in [0.2, 0.25) is 11.6 Å². The lowest BCUT2D eigenvalue weighted by Crippen LogP contribution is -2.63. The van der Waals surface area contributed by atoms with Gasteiger partial charge in [0.25, 0.3) is 0 Å². The minimum atomic E-state index is -1.42. The molecule has 0 amide bonds. The third-order valence-corrected chi connectivity index (χ3v) is 9.55. The lowest BCUT2D eigenvalue weighted by molar-refractivity contribution is 0.442. The molecule has 86 valence electrons. The van der Waals surface area contributed by atoms with Gasteiger partial charge in [-0.15, -0.1) is 0 Å². The van der Waals surface area contributed by atoms with Crippen molar-refractivity contribution in [1.29, 1.82) is 0 Å². The summed E-state index contributed by atoms with van der Waals surface area (Å²) in [4.78, 5) is 0. The van der Waals surface area contributed by atoms with Gasteiger partial charge in [0.1, 0.15) is 0 Å². The van der Waals surface area contributed by atoms with E-state index in [-0.39, 0.29) is 0 Å². The van der Waals surface area contributed by atoms with E-state index in [1.165, 1.54) is 6.04 Å². The Labute approximate surface area is 91.4 Å². The fraction of sp³-hybridized carbons (Fsp3) is 1.00. The maximum atomic E-state index is 2.50. The molecule has 0 aliphatic heterocycles. The summed E-state index contributed by atoms with van der Waals surface area (Å²) in [6.07, 6.45) is 0. The van der Waals surface area contributed by atoms with Gasteiger partial charge >= 0.3 is 0 Å². The summed E-state index contributed by atoms with van der Waals surface area (Å²) in [6, 6.07) is 1.35. The Hall–Kier alpha value is 0.137. The molecule has 0 aliphatic rings. The Morgan fingerprint density at radius 3 is 1.29 bits per heavy atom. The maximum absolute atomic E-state index is 2.50. The van der Waals surface area contributed by atoms with Gasteiger partial charge in [-0.3, -0.25) is 0 Å². The van der Waals surface area contributed by atoms with Crippen LogP contribution in [-0.2, 0) is 0 Å². The van der Waals surface area contributed by atoms with Crippen molar-refractivity contribution < 1.29 is 0 Å². The molecule has 0 fully saturated rings. The van der Waals surface area contributed by atoms with Crippen LogP contribution in [0.1, 0.15) is 27.7 Å². The highest BCUT2D eigenvalue weighted by Crippen LogP contribution is 2.31. The minimum absolute atomic E-state index is 0.773. The SMILES string of the molecule is CC(C)C[Si](C(C)C)(N(C)C)N(C)C. The van der Waals surface area contributed by atoms with Crippen LogP contribution in [0.3, 0.4) is 0 Å². The van der Waals surface area contributed by atoms with Crippen molar-refractivity contribution in [3.05, 3.63) is 0 Å². The Bertz CT molecular complexity index is 143. The number of nitrogens with zero attached hydrogens (tertiary/aromatic N) is 2. The zero-order valence-corrected chi connectivity index (χ0v) is 12.3. The summed E-state index contributed by atoms with van der Waals surface area (Å²) < 4.78 is 5.00. The molecule has 0 aromatic rings. The molecule has 0 rings (SSSR count). The van der Waals surface area contributed by atoms with E-state index in [1.54, 1.807) is 0 Å². The van der Waals surface area contributed by atoms with Crippen molar-refractivity contribution >= 4 is 8.40 Å². The number of hydrogen-bond acceptors (Lipinski definition) is 2. The maximum Gasteiger partial charge on any atom is 0.208 e. The van der Waals surface area contributed by atoms with Crippen LogP contribution in [0.4, 0.5) is 0 Å². The third-order valence-electron chi connectivity index (χ3n) is 3.18. The van der Waals surface area contributed by atoms with E-state index < -0.39 is 8.40 Å². The van der Waals surface area contributed by atoms with Crippen molar-refractivity contribution in [2.24, 2.45) is 5.92 Å². The molecule has 0 aromatic carbocycles. The lowest BCUT2D eigenvalue weighted by atomic mass is 10.3. The molecule has 0 aliphatic carbocycles. The second-order valence-corrected chi connectivity index (χ2v) is 10.5. The van der Waals surface area contributed by atoms with Crippen LogP contribution >= 0.6 is 0 Å². The average Bonchev–Trinajstić information content (AvgIpc) is 1.97. The molecule has 0 saturated carbocycles. The molecule has 0 heterocycles. The van der Waals surface area contributed by atoms with E-state index in [2.05, 4.69) is 65.0 Å². The molecule has 2 nitrogen and oxygen atoms in total. The first kappa shape index (κ1) is 14.1. The van der Waals surface area contributed by atoms with Gasteiger partial charge < -0.3 is 9.13 Å². The molecule has 0 unspecified atom stereocenters. The van der Waals surface area contributed by atoms with Gasteiger partial charge in [-0.05, 0) is 45.7 Å². The van der Waals surface area contributed by atoms with Crippen LogP contribution in [-0.4, -0.2) is 45.7 Å². The second kappa shape index (κ2) is 5.28. The molecule has 0 saturated heterocycles. The van der Waals surface area contributed by atoms with Gasteiger partial charge in [-0.25, -0.2) is 0 Å². The van der Waals surface area contributed by atoms with Crippen molar-refractivity contribution in [3.63, 3.8) is 0 Å². The van der Waals surface area contributed by atoms with E-state index >= 15 is 0 Å². The first-order chi connectivity index (χ1) is 6.25. The highest BCUT2D eigenvalue weighted by molar-refractivity contribution is 6.75. The van der Waals surface area contributed by atoms with E-state index in [1.807, 2.05) is 0 Å². The third kappa shape index (κ3) is 2.81. The zero-order chi connectivity index (χ0) is 11.5. The molecule has 0 bridgehead atoms. The summed E-state index contributed by atoms with van der Waals surface area (Å²) >= 11 is 0. The van der Waals surface area contributed by atoms with Gasteiger partial charge in [0.05, 0.1) is 0 Å². The van der Waals surface area contributed by atoms with Crippen molar-refractivity contribution in [2.45, 2.75) is 39.3 Å². The molecular weight excluding hydrogens is 188 g/mol. The molecule has 0 radical (unpaired) electrons. The Morgan fingerprint density at radius 2 is 1.21 bits per heavy atom. The molecule has 0 atom stereocenters. The molecule has 14 heavy (non-hydrogen) atoms. The highest BCUT2D eigenvalue weighted by Gasteiger charge is 2.42. The highest BCUT2D eigenvalue weighted by atomic mass is 28.3. The van der Waals surface area contributed by atoms with Crippen molar-refractivity contribution in [3.8, 4) is 0 Å². The number of hydrogen-bond donors (Lipinski definition) is 0. The second-order valence-electron chi connectivity index (χ2n) is 5.42. The largest absolute Gasteiger partial charge is 0.317 e. The van der Waals surface area contributed by atoms with Crippen LogP contribution in [0.5, 0.6) is 0 Å². The Morgan fingerprint density at radius 1 is 0.857 bits per heavy atom. The fourth-order valence-electron chi connectivity index (χ4n) is 2.63. The van der Waals surface area contributed by atoms with Gasteiger partial charge in [0, 0.05) is 0 Å². The minimum Gasteiger partial charge on any atom is -0.317 e. The molecular formula is C11H28N2Si. The zero-order valence-electron chi connectivity index (χ0n) is 11.3. The first-order valence-corrected chi connectivity index (χ1v) is 7.77. The summed E-state index contributed by atoms with van der Waals surface area (Å²) in [5.74, 6) is 0.786. The Kier molecular flexibility index (Phi) is 5.34. The summed E-state index contributed by atoms with van der Waals surface area (Å²) in [6.45, 7) is 9.40. The smallest absolute Gasteiger partial charge is 0.208 e. The van der Waals surface area contributed by atoms with Crippen LogP contribution in [0.25, 0.3) is 0 Å². The van der Waals surface area contributed by atoms with E-state index in [9.17, 15) is 0 Å². The summed E-state index contributed by atoms with van der Waals surface area (Å²) in [5.41, 5.74) is 0.773. The fourth-order valence-corrected chi connectivity index (χ4v) is 7.90. The molecule has 0 N–H and O–H groups in total. The quantitative estimate of drug-likeness (QED) is 0.652. The summed E-state index contributed by atoms with van der Waals surface area (Å²) in [5, 5.41) is 0. The number of rotatable bonds is 5. The van der Waals surface area contributed by atoms with E-state index in [4.69, 9.17) is 0 Å². The van der Waals surface area contributed by atoms with E-state index in [0.717, 1.165) is 11.5 Å². The van der Waals surface area contributed by atoms with Crippen LogP contribution < -0.4 is 0 Å². The monoisotopic (exact) mass is 216 g/mol. The van der Waals surface area contributed by atoms with Crippen LogP contribution in [0.15, 0.2) is 0 Å². The predicted octanol–water partition coefficient (Wildman–Crippen LogP) is 2.62. The first-order valence-electron chi connectivity index (χ1n) is 5.60. The van der Waals surface area contributed by atoms with Gasteiger partial charge in [-0.1, -0.05) is 27.7 Å². The van der Waals surface area contributed by atoms with Crippen LogP contribution in [0, 0.1) is 5.92 Å². The Balaban J connectivity index is 4.95. The average molecular weight is 216 g/mol. The normalized spacial score (nSPS) is 13.7. The van der Waals surface area contributed by atoms with Crippen molar-refractivity contribution in [1.82, 2.24) is 9.13 Å². The molecule has 0 aromatic heterocycles. The topological polar surface area (TPSA) is 6.48 Å².